The highest BCUT2D eigenvalue weighted by Crippen LogP contribution is 2.23. The quantitative estimate of drug-likeness (QED) is 0.254. The summed E-state index contributed by atoms with van der Waals surface area (Å²) in [7, 11) is 0. The Bertz CT molecular complexity index is 1380. The lowest BCUT2D eigenvalue weighted by Crippen LogP contribution is -2.65. The van der Waals surface area contributed by atoms with Crippen molar-refractivity contribution in [2.45, 2.75) is 102 Å². The van der Waals surface area contributed by atoms with Gasteiger partial charge in [-0.05, 0) is 89.1 Å². The standard InChI is InChI=1S/C35H46N4O7/c1-5-35(4)34(44)37-28(22-24-16-18-26(19-17-24)46-23(2)3)32(42)39-20-11-15-29(39)31(41)36-27(30(40)38-35)14-9-10-21-45-33(43)25-12-7-6-8-13-25/h6-8,12-13,16-19,23,27-29H,5,9-11,14-15,20-22H2,1-4H3,(H,36,41)(H,37,44)(H,38,40)/t27-,28-,29+,35-/m0/s1. The summed E-state index contributed by atoms with van der Waals surface area (Å²) in [6.45, 7) is 7.80. The van der Waals surface area contributed by atoms with E-state index in [1.807, 2.05) is 44.2 Å². The van der Waals surface area contributed by atoms with Crippen LogP contribution in [0.15, 0.2) is 54.6 Å². The minimum atomic E-state index is -1.33. The fourth-order valence-corrected chi connectivity index (χ4v) is 5.71. The Hall–Kier alpha value is -4.41. The summed E-state index contributed by atoms with van der Waals surface area (Å²) in [4.78, 5) is 68.7. The molecule has 3 N–H and O–H groups in total. The van der Waals surface area contributed by atoms with E-state index < -0.39 is 47.4 Å². The molecule has 248 valence electrons. The third-order valence-electron chi connectivity index (χ3n) is 8.55. The lowest BCUT2D eigenvalue weighted by molar-refractivity contribution is -0.144. The monoisotopic (exact) mass is 634 g/mol. The van der Waals surface area contributed by atoms with Crippen LogP contribution in [0.25, 0.3) is 0 Å². The van der Waals surface area contributed by atoms with Crippen molar-refractivity contribution in [1.29, 1.82) is 0 Å². The first-order valence-corrected chi connectivity index (χ1v) is 16.2. The number of carbonyl (C=O) groups is 5. The molecule has 11 heteroatoms. The molecule has 0 aliphatic carbocycles. The maximum absolute atomic E-state index is 14.0. The minimum Gasteiger partial charge on any atom is -0.491 e. The fraction of sp³-hybridized carbons (Fsp3) is 0.514. The van der Waals surface area contributed by atoms with Gasteiger partial charge >= 0.3 is 5.97 Å². The highest BCUT2D eigenvalue weighted by Gasteiger charge is 2.43. The second-order valence-electron chi connectivity index (χ2n) is 12.5. The van der Waals surface area contributed by atoms with Crippen LogP contribution in [0.2, 0.25) is 0 Å². The summed E-state index contributed by atoms with van der Waals surface area (Å²) in [6.07, 6.45) is 2.79. The third-order valence-corrected chi connectivity index (χ3v) is 8.55. The van der Waals surface area contributed by atoms with E-state index in [-0.39, 0.29) is 37.9 Å². The average Bonchev–Trinajstić information content (AvgIpc) is 3.54. The van der Waals surface area contributed by atoms with Crippen molar-refractivity contribution in [3.63, 3.8) is 0 Å². The summed E-state index contributed by atoms with van der Waals surface area (Å²) in [5.74, 6) is -1.42. The van der Waals surface area contributed by atoms with Crippen molar-refractivity contribution < 1.29 is 33.4 Å². The minimum absolute atomic E-state index is 0.0161. The molecule has 11 nitrogen and oxygen atoms in total. The molecule has 2 saturated heterocycles. The Morgan fingerprint density at radius 2 is 1.67 bits per heavy atom. The third kappa shape index (κ3) is 8.86. The van der Waals surface area contributed by atoms with Crippen LogP contribution in [-0.4, -0.2) is 77.4 Å². The Balaban J connectivity index is 1.48. The van der Waals surface area contributed by atoms with Crippen LogP contribution in [0.5, 0.6) is 5.75 Å². The molecule has 2 aliphatic rings. The van der Waals surface area contributed by atoms with Crippen LogP contribution < -0.4 is 20.7 Å². The summed E-state index contributed by atoms with van der Waals surface area (Å²) < 4.78 is 11.1. The second kappa shape index (κ2) is 15.7. The van der Waals surface area contributed by atoms with Gasteiger partial charge in [0.1, 0.15) is 29.4 Å². The van der Waals surface area contributed by atoms with Gasteiger partial charge in [0.05, 0.1) is 18.3 Å². The molecule has 0 radical (unpaired) electrons. The van der Waals surface area contributed by atoms with Crippen LogP contribution in [0, 0.1) is 0 Å². The lowest BCUT2D eigenvalue weighted by atomic mass is 9.94. The summed E-state index contributed by atoms with van der Waals surface area (Å²) >= 11 is 0. The number of ether oxygens (including phenoxy) is 2. The molecule has 2 fully saturated rings. The van der Waals surface area contributed by atoms with E-state index in [1.54, 1.807) is 38.1 Å². The lowest BCUT2D eigenvalue weighted by Gasteiger charge is -2.36. The SMILES string of the molecule is CC[C@]1(C)NC(=O)[C@H](CCCCOC(=O)c2ccccc2)NC(=O)[C@H]2CCCN2C(=O)[C@H](Cc2ccc(OC(C)C)cc2)NC1=O. The van der Waals surface area contributed by atoms with Gasteiger partial charge in [0.2, 0.25) is 23.6 Å². The molecule has 0 unspecified atom stereocenters. The van der Waals surface area contributed by atoms with Crippen molar-refractivity contribution >= 4 is 29.6 Å². The van der Waals surface area contributed by atoms with Crippen molar-refractivity contribution in [2.24, 2.45) is 0 Å². The number of hydrogen-bond donors (Lipinski definition) is 3. The second-order valence-corrected chi connectivity index (χ2v) is 12.5. The van der Waals surface area contributed by atoms with Crippen LogP contribution in [0.1, 0.15) is 82.1 Å². The van der Waals surface area contributed by atoms with Crippen molar-refractivity contribution in [2.75, 3.05) is 13.2 Å². The molecule has 0 aromatic heterocycles. The number of carbonyl (C=O) groups excluding carboxylic acids is 5. The molecular formula is C35H46N4O7. The molecule has 2 aliphatic heterocycles. The van der Waals surface area contributed by atoms with Gasteiger partial charge in [0, 0.05) is 13.0 Å². The molecule has 4 amide bonds. The van der Waals surface area contributed by atoms with Gasteiger partial charge in [-0.3, -0.25) is 19.2 Å². The van der Waals surface area contributed by atoms with Gasteiger partial charge < -0.3 is 30.3 Å². The number of nitrogens with zero attached hydrogens (tertiary/aromatic N) is 1. The van der Waals surface area contributed by atoms with E-state index in [9.17, 15) is 24.0 Å². The summed E-state index contributed by atoms with van der Waals surface area (Å²) in [5, 5.41) is 8.63. The first kappa shape index (κ1) is 34.5. The number of amides is 4. The number of hydrogen-bond acceptors (Lipinski definition) is 7. The van der Waals surface area contributed by atoms with Gasteiger partial charge in [-0.2, -0.15) is 0 Å². The number of rotatable bonds is 11. The molecule has 46 heavy (non-hydrogen) atoms. The zero-order valence-electron chi connectivity index (χ0n) is 27.2. The zero-order valence-corrected chi connectivity index (χ0v) is 27.2. The highest BCUT2D eigenvalue weighted by atomic mass is 16.5. The molecule has 0 spiro atoms. The number of unbranched alkanes of at least 4 members (excludes halogenated alkanes) is 1. The largest absolute Gasteiger partial charge is 0.491 e. The van der Waals surface area contributed by atoms with Gasteiger partial charge in [-0.25, -0.2) is 4.79 Å². The highest BCUT2D eigenvalue weighted by molar-refractivity contribution is 5.99. The summed E-state index contributed by atoms with van der Waals surface area (Å²) in [5.41, 5.74) is -0.0565. The molecule has 2 heterocycles. The molecule has 0 saturated carbocycles. The number of esters is 1. The summed E-state index contributed by atoms with van der Waals surface area (Å²) in [6, 6.07) is 13.4. The number of benzene rings is 2. The Morgan fingerprint density at radius 3 is 2.35 bits per heavy atom. The van der Waals surface area contributed by atoms with E-state index in [1.165, 1.54) is 4.90 Å². The first-order valence-electron chi connectivity index (χ1n) is 16.2. The topological polar surface area (TPSA) is 143 Å². The first-order chi connectivity index (χ1) is 22.0. The maximum atomic E-state index is 14.0. The normalized spacial score (nSPS) is 23.8. The fourth-order valence-electron chi connectivity index (χ4n) is 5.71. The predicted octanol–water partition coefficient (Wildman–Crippen LogP) is 3.30. The van der Waals surface area contributed by atoms with Crippen molar-refractivity contribution in [3.05, 3.63) is 65.7 Å². The van der Waals surface area contributed by atoms with E-state index in [4.69, 9.17) is 9.47 Å². The molecule has 4 rings (SSSR count). The number of fused-ring (bicyclic) bond motifs is 1. The van der Waals surface area contributed by atoms with Gasteiger partial charge in [0.15, 0.2) is 0 Å². The van der Waals surface area contributed by atoms with Crippen molar-refractivity contribution in [1.82, 2.24) is 20.9 Å². The predicted molar refractivity (Wildman–Crippen MR) is 172 cm³/mol. The Morgan fingerprint density at radius 1 is 0.957 bits per heavy atom. The van der Waals surface area contributed by atoms with Crippen LogP contribution in [-0.2, 0) is 30.3 Å². The molecule has 4 atom stereocenters. The Kier molecular flexibility index (Phi) is 11.8. The van der Waals surface area contributed by atoms with Crippen molar-refractivity contribution in [3.8, 4) is 5.75 Å². The van der Waals surface area contributed by atoms with Crippen LogP contribution >= 0.6 is 0 Å². The van der Waals surface area contributed by atoms with E-state index in [0.717, 1.165) is 5.56 Å². The van der Waals surface area contributed by atoms with E-state index in [2.05, 4.69) is 16.0 Å². The number of nitrogens with one attached hydrogen (secondary N) is 3. The molecule has 2 aromatic carbocycles. The maximum Gasteiger partial charge on any atom is 0.338 e. The smallest absolute Gasteiger partial charge is 0.338 e. The van der Waals surface area contributed by atoms with Gasteiger partial charge in [-0.15, -0.1) is 0 Å². The molecule has 2 aromatic rings. The molecular weight excluding hydrogens is 588 g/mol. The van der Waals surface area contributed by atoms with Crippen LogP contribution in [0.4, 0.5) is 0 Å². The van der Waals surface area contributed by atoms with Crippen LogP contribution in [0.3, 0.4) is 0 Å². The van der Waals surface area contributed by atoms with Gasteiger partial charge in [0.25, 0.3) is 0 Å². The molecule has 0 bridgehead atoms. The average molecular weight is 635 g/mol. The van der Waals surface area contributed by atoms with E-state index in [0.29, 0.717) is 43.5 Å². The Labute approximate surface area is 270 Å². The van der Waals surface area contributed by atoms with Gasteiger partial charge in [-0.1, -0.05) is 37.3 Å². The van der Waals surface area contributed by atoms with E-state index >= 15 is 0 Å². The zero-order chi connectivity index (χ0) is 33.3.